The molecular weight excluding hydrogens is 268 g/mol. The molecule has 1 aromatic rings. The van der Waals surface area contributed by atoms with Crippen LogP contribution in [-0.2, 0) is 10.0 Å². The molecule has 0 aromatic carbocycles. The molecule has 0 amide bonds. The summed E-state index contributed by atoms with van der Waals surface area (Å²) in [6.45, 7) is 0.398. The van der Waals surface area contributed by atoms with Crippen LogP contribution in [0, 0.1) is 5.92 Å². The lowest BCUT2D eigenvalue weighted by atomic mass is 9.83. The van der Waals surface area contributed by atoms with Crippen LogP contribution in [0.3, 0.4) is 0 Å². The van der Waals surface area contributed by atoms with Crippen molar-refractivity contribution in [1.82, 2.24) is 9.71 Å². The zero-order chi connectivity index (χ0) is 13.9. The second kappa shape index (κ2) is 5.66. The third-order valence-electron chi connectivity index (χ3n) is 3.33. The van der Waals surface area contributed by atoms with Crippen LogP contribution in [0.25, 0.3) is 0 Å². The molecule has 7 heteroatoms. The lowest BCUT2D eigenvalue weighted by Gasteiger charge is -2.24. The van der Waals surface area contributed by atoms with Crippen LogP contribution in [-0.4, -0.2) is 31.0 Å². The number of rotatable bonds is 6. The van der Waals surface area contributed by atoms with Crippen LogP contribution < -0.4 is 4.72 Å². The molecule has 1 fully saturated rings. The van der Waals surface area contributed by atoms with Gasteiger partial charge in [0, 0.05) is 12.7 Å². The maximum absolute atomic E-state index is 11.9. The van der Waals surface area contributed by atoms with E-state index >= 15 is 0 Å². The van der Waals surface area contributed by atoms with Crippen molar-refractivity contribution in [2.45, 2.75) is 30.7 Å². The van der Waals surface area contributed by atoms with E-state index < -0.39 is 16.0 Å². The smallest absolute Gasteiger partial charge is 0.337 e. The normalized spacial score (nSPS) is 16.0. The molecule has 0 saturated heterocycles. The molecule has 0 aliphatic heterocycles. The predicted molar refractivity (Wildman–Crippen MR) is 68.3 cm³/mol. The second-order valence-electron chi connectivity index (χ2n) is 4.67. The molecule has 1 aliphatic rings. The van der Waals surface area contributed by atoms with Gasteiger partial charge in [0.15, 0.2) is 5.03 Å². The number of sulfonamides is 1. The summed E-state index contributed by atoms with van der Waals surface area (Å²) in [5.74, 6) is -0.501. The lowest BCUT2D eigenvalue weighted by Crippen LogP contribution is -2.28. The summed E-state index contributed by atoms with van der Waals surface area (Å²) in [6.07, 6.45) is 5.46. The summed E-state index contributed by atoms with van der Waals surface area (Å²) in [5, 5.41) is 8.56. The van der Waals surface area contributed by atoms with Gasteiger partial charge >= 0.3 is 5.97 Å². The van der Waals surface area contributed by atoms with Crippen LogP contribution in [0.2, 0.25) is 0 Å². The molecule has 0 spiro atoms. The van der Waals surface area contributed by atoms with Crippen LogP contribution in [0.5, 0.6) is 0 Å². The van der Waals surface area contributed by atoms with E-state index in [-0.39, 0.29) is 10.6 Å². The summed E-state index contributed by atoms with van der Waals surface area (Å²) in [5.41, 5.74) is -0.0339. The maximum atomic E-state index is 11.9. The minimum absolute atomic E-state index is 0.0339. The highest BCUT2D eigenvalue weighted by Crippen LogP contribution is 2.28. The predicted octanol–water partition coefficient (Wildman–Crippen LogP) is 1.25. The quantitative estimate of drug-likeness (QED) is 0.819. The Bertz CT molecular complexity index is 550. The molecule has 1 saturated carbocycles. The van der Waals surface area contributed by atoms with Gasteiger partial charge < -0.3 is 5.11 Å². The van der Waals surface area contributed by atoms with Gasteiger partial charge in [0.2, 0.25) is 0 Å². The van der Waals surface area contributed by atoms with Crippen molar-refractivity contribution in [3.63, 3.8) is 0 Å². The number of nitrogens with one attached hydrogen (secondary N) is 1. The van der Waals surface area contributed by atoms with Crippen LogP contribution in [0.15, 0.2) is 23.4 Å². The highest BCUT2D eigenvalue weighted by Gasteiger charge is 2.20. The molecule has 0 atom stereocenters. The monoisotopic (exact) mass is 284 g/mol. The molecule has 19 heavy (non-hydrogen) atoms. The third-order valence-corrected chi connectivity index (χ3v) is 4.70. The first-order chi connectivity index (χ1) is 8.99. The van der Waals surface area contributed by atoms with E-state index in [1.807, 2.05) is 0 Å². The molecule has 0 unspecified atom stereocenters. The van der Waals surface area contributed by atoms with Crippen molar-refractivity contribution in [2.75, 3.05) is 6.54 Å². The van der Waals surface area contributed by atoms with Crippen molar-refractivity contribution in [3.8, 4) is 0 Å². The van der Waals surface area contributed by atoms with Gasteiger partial charge in [-0.2, -0.15) is 0 Å². The van der Waals surface area contributed by atoms with Gasteiger partial charge in [0.25, 0.3) is 10.0 Å². The molecule has 6 nitrogen and oxygen atoms in total. The number of aromatic carboxylic acids is 1. The Labute approximate surface area is 111 Å². The first-order valence-corrected chi connectivity index (χ1v) is 7.66. The number of carboxylic acid groups (broad SMARTS) is 1. The van der Waals surface area contributed by atoms with E-state index in [1.165, 1.54) is 31.4 Å². The second-order valence-corrected chi connectivity index (χ2v) is 6.39. The Morgan fingerprint density at radius 1 is 1.42 bits per heavy atom. The van der Waals surface area contributed by atoms with E-state index in [9.17, 15) is 13.2 Å². The topological polar surface area (TPSA) is 96.4 Å². The van der Waals surface area contributed by atoms with Crippen LogP contribution >= 0.6 is 0 Å². The summed E-state index contributed by atoms with van der Waals surface area (Å²) in [7, 11) is -3.64. The number of aromatic nitrogens is 1. The van der Waals surface area contributed by atoms with E-state index in [2.05, 4.69) is 9.71 Å². The lowest BCUT2D eigenvalue weighted by molar-refractivity contribution is 0.0696. The number of nitrogens with zero attached hydrogens (tertiary/aromatic N) is 1. The van der Waals surface area contributed by atoms with Crippen LogP contribution in [0.1, 0.15) is 36.0 Å². The molecular formula is C12H16N2O4S. The molecule has 1 heterocycles. The van der Waals surface area contributed by atoms with Crippen molar-refractivity contribution >= 4 is 16.0 Å². The first-order valence-electron chi connectivity index (χ1n) is 6.18. The van der Waals surface area contributed by atoms with Crippen molar-refractivity contribution < 1.29 is 18.3 Å². The van der Waals surface area contributed by atoms with Crippen LogP contribution in [0.4, 0.5) is 0 Å². The molecule has 0 bridgehead atoms. The Hall–Kier alpha value is -1.47. The Balaban J connectivity index is 1.95. The standard InChI is InChI=1S/C12H16N2O4S/c15-12(16)10-4-5-11(13-8-10)19(17,18)14-7-6-9-2-1-3-9/h4-5,8-9,14H,1-3,6-7H2,(H,15,16). The van der Waals surface area contributed by atoms with Gasteiger partial charge in [-0.1, -0.05) is 19.3 Å². The molecule has 2 N–H and O–H groups in total. The van der Waals surface area contributed by atoms with E-state index in [0.29, 0.717) is 12.5 Å². The highest BCUT2D eigenvalue weighted by atomic mass is 32.2. The molecule has 2 rings (SSSR count). The molecule has 0 radical (unpaired) electrons. The average molecular weight is 284 g/mol. The minimum atomic E-state index is -3.64. The number of pyridine rings is 1. The Morgan fingerprint density at radius 3 is 2.63 bits per heavy atom. The summed E-state index contributed by atoms with van der Waals surface area (Å²) in [4.78, 5) is 14.3. The maximum Gasteiger partial charge on any atom is 0.337 e. The largest absolute Gasteiger partial charge is 0.478 e. The van der Waals surface area contributed by atoms with Crippen molar-refractivity contribution in [1.29, 1.82) is 0 Å². The molecule has 1 aliphatic carbocycles. The van der Waals surface area contributed by atoms with Gasteiger partial charge in [-0.15, -0.1) is 0 Å². The molecule has 1 aromatic heterocycles. The number of hydrogen-bond acceptors (Lipinski definition) is 4. The molecule has 104 valence electrons. The van der Waals surface area contributed by atoms with E-state index in [1.54, 1.807) is 0 Å². The SMILES string of the molecule is O=C(O)c1ccc(S(=O)(=O)NCCC2CCC2)nc1. The average Bonchev–Trinajstić information content (AvgIpc) is 2.32. The van der Waals surface area contributed by atoms with Gasteiger partial charge in [-0.3, -0.25) is 0 Å². The third kappa shape index (κ3) is 3.51. The zero-order valence-electron chi connectivity index (χ0n) is 10.4. The summed E-state index contributed by atoms with van der Waals surface area (Å²) >= 11 is 0. The van der Waals surface area contributed by atoms with Gasteiger partial charge in [-0.25, -0.2) is 22.9 Å². The minimum Gasteiger partial charge on any atom is -0.478 e. The van der Waals surface area contributed by atoms with Gasteiger partial charge in [0.1, 0.15) is 0 Å². The Morgan fingerprint density at radius 2 is 2.16 bits per heavy atom. The highest BCUT2D eigenvalue weighted by molar-refractivity contribution is 7.89. The first kappa shape index (κ1) is 14.0. The Kier molecular flexibility index (Phi) is 4.16. The van der Waals surface area contributed by atoms with Gasteiger partial charge in [-0.05, 0) is 24.5 Å². The number of hydrogen-bond donors (Lipinski definition) is 2. The van der Waals surface area contributed by atoms with Gasteiger partial charge in [0.05, 0.1) is 5.56 Å². The summed E-state index contributed by atoms with van der Waals surface area (Å²) < 4.78 is 26.2. The zero-order valence-corrected chi connectivity index (χ0v) is 11.2. The fourth-order valence-electron chi connectivity index (χ4n) is 1.92. The van der Waals surface area contributed by atoms with E-state index in [0.717, 1.165) is 12.6 Å². The van der Waals surface area contributed by atoms with E-state index in [4.69, 9.17) is 5.11 Å². The number of carbonyl (C=O) groups is 1. The van der Waals surface area contributed by atoms with Crippen molar-refractivity contribution in [2.24, 2.45) is 5.92 Å². The summed E-state index contributed by atoms with van der Waals surface area (Å²) in [6, 6.07) is 2.44. The number of carboxylic acids is 1. The fourth-order valence-corrected chi connectivity index (χ4v) is 2.89. The fraction of sp³-hybridized carbons (Fsp3) is 0.500. The van der Waals surface area contributed by atoms with Crippen molar-refractivity contribution in [3.05, 3.63) is 23.9 Å².